The molecule has 0 amide bonds. The molecule has 0 spiro atoms. The fourth-order valence-electron chi connectivity index (χ4n) is 1.93. The normalized spacial score (nSPS) is 16.6. The van der Waals surface area contributed by atoms with E-state index in [4.69, 9.17) is 0 Å². The van der Waals surface area contributed by atoms with E-state index in [-0.39, 0.29) is 5.54 Å². The van der Waals surface area contributed by atoms with Gasteiger partial charge in [0.25, 0.3) is 0 Å². The zero-order valence-electron chi connectivity index (χ0n) is 10.4. The fraction of sp³-hybridized carbons (Fsp3) is 0.500. The number of benzene rings is 1. The number of aryl methyl sites for hydroxylation is 1. The smallest absolute Gasteiger partial charge is 0.0900 e. The Balaban J connectivity index is 2.22. The minimum atomic E-state index is 0.00634. The van der Waals surface area contributed by atoms with Crippen LogP contribution < -0.4 is 4.90 Å². The standard InChI is InChI=1S/C14H20N2/c1-14(2,3)15-11-16-10-6-8-12-7-4-5-9-13(12)16/h4-5,7,9,11H,6,8,10H2,1-3H3. The molecule has 0 N–H and O–H groups in total. The molecule has 0 aliphatic carbocycles. The van der Waals surface area contributed by atoms with E-state index >= 15 is 0 Å². The molecule has 2 nitrogen and oxygen atoms in total. The molecule has 0 saturated heterocycles. The molecule has 2 rings (SSSR count). The highest BCUT2D eigenvalue weighted by Gasteiger charge is 2.15. The fourth-order valence-corrected chi connectivity index (χ4v) is 1.93. The molecule has 1 aliphatic heterocycles. The predicted molar refractivity (Wildman–Crippen MR) is 70.4 cm³/mol. The molecule has 1 heterocycles. The molecule has 86 valence electrons. The van der Waals surface area contributed by atoms with Crippen LogP contribution in [0, 0.1) is 0 Å². The monoisotopic (exact) mass is 216 g/mol. The van der Waals surface area contributed by atoms with Gasteiger partial charge in [0.2, 0.25) is 0 Å². The van der Waals surface area contributed by atoms with Gasteiger partial charge in [0.1, 0.15) is 0 Å². The SMILES string of the molecule is CC(C)(C)N=CN1CCCc2ccccc21. The van der Waals surface area contributed by atoms with E-state index in [1.54, 1.807) is 0 Å². The van der Waals surface area contributed by atoms with Crippen LogP contribution in [-0.4, -0.2) is 18.4 Å². The number of anilines is 1. The second kappa shape index (κ2) is 4.28. The minimum Gasteiger partial charge on any atom is -0.332 e. The topological polar surface area (TPSA) is 15.6 Å². The van der Waals surface area contributed by atoms with Crippen LogP contribution in [0.15, 0.2) is 29.3 Å². The Morgan fingerprint density at radius 3 is 2.75 bits per heavy atom. The van der Waals surface area contributed by atoms with Crippen LogP contribution in [0.3, 0.4) is 0 Å². The summed E-state index contributed by atoms with van der Waals surface area (Å²) >= 11 is 0. The Morgan fingerprint density at radius 1 is 1.25 bits per heavy atom. The summed E-state index contributed by atoms with van der Waals surface area (Å²) in [5, 5.41) is 0. The second-order valence-corrected chi connectivity index (χ2v) is 5.34. The Morgan fingerprint density at radius 2 is 2.00 bits per heavy atom. The summed E-state index contributed by atoms with van der Waals surface area (Å²) in [5.74, 6) is 0. The minimum absolute atomic E-state index is 0.00634. The molecule has 0 radical (unpaired) electrons. The van der Waals surface area contributed by atoms with Gasteiger partial charge in [-0.1, -0.05) is 18.2 Å². The molecular formula is C14H20N2. The number of para-hydroxylation sites is 1. The first-order chi connectivity index (χ1) is 7.56. The summed E-state index contributed by atoms with van der Waals surface area (Å²) < 4.78 is 0. The lowest BCUT2D eigenvalue weighted by Crippen LogP contribution is -2.29. The summed E-state index contributed by atoms with van der Waals surface area (Å²) in [6.07, 6.45) is 4.40. The van der Waals surface area contributed by atoms with Crippen LogP contribution in [0.1, 0.15) is 32.8 Å². The average molecular weight is 216 g/mol. The molecular weight excluding hydrogens is 196 g/mol. The van der Waals surface area contributed by atoms with E-state index in [0.29, 0.717) is 0 Å². The highest BCUT2D eigenvalue weighted by atomic mass is 15.2. The highest BCUT2D eigenvalue weighted by Crippen LogP contribution is 2.25. The van der Waals surface area contributed by atoms with E-state index in [9.17, 15) is 0 Å². The van der Waals surface area contributed by atoms with Gasteiger partial charge < -0.3 is 4.90 Å². The molecule has 0 bridgehead atoms. The zero-order chi connectivity index (χ0) is 11.6. The van der Waals surface area contributed by atoms with Crippen molar-refractivity contribution in [3.8, 4) is 0 Å². The van der Waals surface area contributed by atoms with Gasteiger partial charge in [-0.15, -0.1) is 0 Å². The largest absolute Gasteiger partial charge is 0.332 e. The number of hydrogen-bond acceptors (Lipinski definition) is 1. The first-order valence-corrected chi connectivity index (χ1v) is 5.96. The molecule has 16 heavy (non-hydrogen) atoms. The predicted octanol–water partition coefficient (Wildman–Crippen LogP) is 3.27. The zero-order valence-corrected chi connectivity index (χ0v) is 10.4. The van der Waals surface area contributed by atoms with Crippen LogP contribution in [-0.2, 0) is 6.42 Å². The molecule has 1 aromatic carbocycles. The quantitative estimate of drug-likeness (QED) is 0.519. The van der Waals surface area contributed by atoms with Crippen molar-refractivity contribution in [2.75, 3.05) is 11.4 Å². The van der Waals surface area contributed by atoms with E-state index < -0.39 is 0 Å². The van der Waals surface area contributed by atoms with Crippen LogP contribution in [0.2, 0.25) is 0 Å². The van der Waals surface area contributed by atoms with Crippen LogP contribution in [0.4, 0.5) is 5.69 Å². The second-order valence-electron chi connectivity index (χ2n) is 5.34. The van der Waals surface area contributed by atoms with Gasteiger partial charge in [-0.25, -0.2) is 0 Å². The van der Waals surface area contributed by atoms with E-state index in [1.165, 1.54) is 24.1 Å². The van der Waals surface area contributed by atoms with Crippen molar-refractivity contribution in [2.24, 2.45) is 4.99 Å². The maximum atomic E-state index is 4.58. The maximum Gasteiger partial charge on any atom is 0.0900 e. The lowest BCUT2D eigenvalue weighted by atomic mass is 10.0. The molecule has 1 aliphatic rings. The first kappa shape index (κ1) is 11.2. The van der Waals surface area contributed by atoms with Gasteiger partial charge in [-0.3, -0.25) is 4.99 Å². The Labute approximate surface area is 98.0 Å². The van der Waals surface area contributed by atoms with Gasteiger partial charge >= 0.3 is 0 Å². The van der Waals surface area contributed by atoms with Crippen molar-refractivity contribution in [1.82, 2.24) is 0 Å². The van der Waals surface area contributed by atoms with E-state index in [1.807, 2.05) is 6.34 Å². The molecule has 0 aromatic heterocycles. The van der Waals surface area contributed by atoms with Crippen LogP contribution in [0.25, 0.3) is 0 Å². The van der Waals surface area contributed by atoms with Gasteiger partial charge in [-0.2, -0.15) is 0 Å². The molecule has 2 heteroatoms. The number of fused-ring (bicyclic) bond motifs is 1. The number of nitrogens with zero attached hydrogens (tertiary/aromatic N) is 2. The van der Waals surface area contributed by atoms with Gasteiger partial charge in [0.05, 0.1) is 11.9 Å². The van der Waals surface area contributed by atoms with E-state index in [0.717, 1.165) is 6.54 Å². The van der Waals surface area contributed by atoms with Crippen LogP contribution >= 0.6 is 0 Å². The lowest BCUT2D eigenvalue weighted by molar-refractivity contribution is 0.584. The molecule has 0 unspecified atom stereocenters. The van der Waals surface area contributed by atoms with Crippen molar-refractivity contribution in [1.29, 1.82) is 0 Å². The van der Waals surface area contributed by atoms with Crippen molar-refractivity contribution in [3.63, 3.8) is 0 Å². The Hall–Kier alpha value is -1.31. The summed E-state index contributed by atoms with van der Waals surface area (Å²) in [6, 6.07) is 8.61. The summed E-state index contributed by atoms with van der Waals surface area (Å²) in [6.45, 7) is 7.45. The Kier molecular flexibility index (Phi) is 2.99. The van der Waals surface area contributed by atoms with Crippen LogP contribution in [0.5, 0.6) is 0 Å². The van der Waals surface area contributed by atoms with Gasteiger partial charge in [0.15, 0.2) is 0 Å². The number of hydrogen-bond donors (Lipinski definition) is 0. The van der Waals surface area contributed by atoms with Crippen molar-refractivity contribution >= 4 is 12.0 Å². The third kappa shape index (κ3) is 2.63. The number of aliphatic imine (C=N–C) groups is 1. The van der Waals surface area contributed by atoms with Crippen molar-refractivity contribution in [2.45, 2.75) is 39.2 Å². The highest BCUT2D eigenvalue weighted by molar-refractivity contribution is 5.81. The number of rotatable bonds is 1. The van der Waals surface area contributed by atoms with Gasteiger partial charge in [-0.05, 0) is 45.2 Å². The van der Waals surface area contributed by atoms with Crippen molar-refractivity contribution in [3.05, 3.63) is 29.8 Å². The Bertz CT molecular complexity index is 388. The maximum absolute atomic E-state index is 4.58. The van der Waals surface area contributed by atoms with Gasteiger partial charge in [0, 0.05) is 12.2 Å². The molecule has 0 fully saturated rings. The van der Waals surface area contributed by atoms with E-state index in [2.05, 4.69) is 54.9 Å². The molecule has 0 saturated carbocycles. The summed E-state index contributed by atoms with van der Waals surface area (Å²) in [4.78, 5) is 6.85. The molecule has 0 atom stereocenters. The first-order valence-electron chi connectivity index (χ1n) is 5.96. The lowest BCUT2D eigenvalue weighted by Gasteiger charge is -2.28. The van der Waals surface area contributed by atoms with Crippen molar-refractivity contribution < 1.29 is 0 Å². The third-order valence-electron chi connectivity index (χ3n) is 2.73. The third-order valence-corrected chi connectivity index (χ3v) is 2.73. The molecule has 1 aromatic rings. The summed E-state index contributed by atoms with van der Waals surface area (Å²) in [7, 11) is 0. The summed E-state index contributed by atoms with van der Waals surface area (Å²) in [5.41, 5.74) is 2.77. The average Bonchev–Trinajstić information content (AvgIpc) is 2.25.